The van der Waals surface area contributed by atoms with Gasteiger partial charge in [-0.15, -0.1) is 10.2 Å². The number of aromatic amines is 1. The molecule has 0 aliphatic heterocycles. The predicted molar refractivity (Wildman–Crippen MR) is 66.4 cm³/mol. The first-order valence-corrected chi connectivity index (χ1v) is 5.42. The smallest absolute Gasteiger partial charge is 0.288 e. The van der Waals surface area contributed by atoms with Gasteiger partial charge in [-0.05, 0) is 12.1 Å². The molecule has 0 spiro atoms. The molecular formula is C11H8N6O2. The van der Waals surface area contributed by atoms with E-state index in [1.54, 1.807) is 24.4 Å². The fourth-order valence-corrected chi connectivity index (χ4v) is 1.60. The van der Waals surface area contributed by atoms with Crippen molar-refractivity contribution in [3.8, 4) is 11.5 Å². The molecule has 0 saturated heterocycles. The molecule has 3 heterocycles. The second-order valence-corrected chi connectivity index (χ2v) is 3.84. The van der Waals surface area contributed by atoms with E-state index in [1.807, 2.05) is 0 Å². The molecule has 0 bridgehead atoms. The number of rotatable bonds is 1. The van der Waals surface area contributed by atoms with Crippen molar-refractivity contribution in [3.63, 3.8) is 0 Å². The van der Waals surface area contributed by atoms with Gasteiger partial charge in [-0.25, -0.2) is 9.78 Å². The summed E-state index contributed by atoms with van der Waals surface area (Å²) in [7, 11) is 1.36. The van der Waals surface area contributed by atoms with Gasteiger partial charge in [-0.3, -0.25) is 19.3 Å². The van der Waals surface area contributed by atoms with Crippen LogP contribution in [0.5, 0.6) is 0 Å². The topological polar surface area (TPSA) is 106 Å². The van der Waals surface area contributed by atoms with Crippen LogP contribution in [0.2, 0.25) is 0 Å². The largest absolute Gasteiger partial charge is 0.329 e. The summed E-state index contributed by atoms with van der Waals surface area (Å²) in [6, 6.07) is 5.24. The maximum absolute atomic E-state index is 11.9. The number of hydrogen-bond acceptors (Lipinski definition) is 6. The summed E-state index contributed by atoms with van der Waals surface area (Å²) in [6.45, 7) is 0. The number of pyridine rings is 1. The van der Waals surface area contributed by atoms with Crippen molar-refractivity contribution in [3.05, 3.63) is 45.2 Å². The average molecular weight is 256 g/mol. The number of nitrogens with one attached hydrogen (secondary N) is 1. The normalized spacial score (nSPS) is 10.8. The summed E-state index contributed by atoms with van der Waals surface area (Å²) >= 11 is 0. The number of aromatic nitrogens is 6. The van der Waals surface area contributed by atoms with Crippen LogP contribution in [-0.2, 0) is 7.05 Å². The van der Waals surface area contributed by atoms with E-state index >= 15 is 0 Å². The van der Waals surface area contributed by atoms with Crippen LogP contribution >= 0.6 is 0 Å². The number of hydrogen-bond donors (Lipinski definition) is 1. The Kier molecular flexibility index (Phi) is 2.41. The van der Waals surface area contributed by atoms with Gasteiger partial charge in [-0.1, -0.05) is 6.07 Å². The van der Waals surface area contributed by atoms with E-state index in [0.717, 1.165) is 4.57 Å². The van der Waals surface area contributed by atoms with Gasteiger partial charge in [0.05, 0.1) is 0 Å². The molecule has 0 aromatic carbocycles. The van der Waals surface area contributed by atoms with Crippen LogP contribution in [0.3, 0.4) is 0 Å². The van der Waals surface area contributed by atoms with Gasteiger partial charge in [0, 0.05) is 13.2 Å². The van der Waals surface area contributed by atoms with Crippen molar-refractivity contribution in [2.75, 3.05) is 0 Å². The number of H-pyrrole nitrogens is 1. The van der Waals surface area contributed by atoms with E-state index in [1.165, 1.54) is 7.05 Å². The molecule has 0 aliphatic rings. The monoisotopic (exact) mass is 256 g/mol. The third kappa shape index (κ3) is 1.79. The van der Waals surface area contributed by atoms with Gasteiger partial charge in [0.1, 0.15) is 5.69 Å². The highest BCUT2D eigenvalue weighted by molar-refractivity contribution is 5.69. The molecule has 0 unspecified atom stereocenters. The minimum absolute atomic E-state index is 0.0535. The Morgan fingerprint density at radius 2 is 2.05 bits per heavy atom. The molecule has 0 fully saturated rings. The van der Waals surface area contributed by atoms with Crippen molar-refractivity contribution in [2.45, 2.75) is 0 Å². The molecule has 0 saturated carbocycles. The third-order valence-corrected chi connectivity index (χ3v) is 2.62. The van der Waals surface area contributed by atoms with Crippen LogP contribution in [0.1, 0.15) is 0 Å². The maximum atomic E-state index is 11.9. The van der Waals surface area contributed by atoms with Crippen molar-refractivity contribution in [1.82, 2.24) is 29.7 Å². The fourth-order valence-electron chi connectivity index (χ4n) is 1.60. The van der Waals surface area contributed by atoms with Crippen molar-refractivity contribution >= 4 is 11.2 Å². The summed E-state index contributed by atoms with van der Waals surface area (Å²) in [5, 5.41) is 7.65. The maximum Gasteiger partial charge on any atom is 0.329 e. The average Bonchev–Trinajstić information content (AvgIpc) is 2.46. The van der Waals surface area contributed by atoms with Crippen molar-refractivity contribution in [1.29, 1.82) is 0 Å². The lowest BCUT2D eigenvalue weighted by Crippen LogP contribution is -2.33. The fraction of sp³-hybridized carbons (Fsp3) is 0.0909. The number of nitrogens with zero attached hydrogens (tertiary/aromatic N) is 5. The van der Waals surface area contributed by atoms with Crippen LogP contribution in [0, 0.1) is 0 Å². The van der Waals surface area contributed by atoms with Crippen LogP contribution < -0.4 is 11.2 Å². The minimum atomic E-state index is -0.556. The zero-order valence-electron chi connectivity index (χ0n) is 9.86. The summed E-state index contributed by atoms with van der Waals surface area (Å²) < 4.78 is 0.930. The van der Waals surface area contributed by atoms with Crippen molar-refractivity contribution < 1.29 is 0 Å². The molecule has 0 radical (unpaired) electrons. The van der Waals surface area contributed by atoms with Crippen LogP contribution in [0.15, 0.2) is 34.0 Å². The standard InChI is InChI=1S/C11H8N6O2/c1-17-10(18)7-9(14-11(17)19)16-15-8(13-7)6-4-2-3-5-12-6/h2-5H,1H3,(H,14,16,19). The Labute approximate surface area is 105 Å². The highest BCUT2D eigenvalue weighted by atomic mass is 16.2. The first-order valence-electron chi connectivity index (χ1n) is 5.42. The van der Waals surface area contributed by atoms with Crippen LogP contribution in [0.4, 0.5) is 0 Å². The predicted octanol–water partition coefficient (Wildman–Crippen LogP) is -0.526. The Balaban J connectivity index is 2.33. The molecule has 8 heteroatoms. The highest BCUT2D eigenvalue weighted by Crippen LogP contribution is 2.10. The Morgan fingerprint density at radius 3 is 2.79 bits per heavy atom. The molecule has 1 N–H and O–H groups in total. The lowest BCUT2D eigenvalue weighted by molar-refractivity contribution is 0.781. The second kappa shape index (κ2) is 4.09. The highest BCUT2D eigenvalue weighted by Gasteiger charge is 2.10. The van der Waals surface area contributed by atoms with Crippen molar-refractivity contribution in [2.24, 2.45) is 7.05 Å². The van der Waals surface area contributed by atoms with Gasteiger partial charge in [0.25, 0.3) is 5.56 Å². The molecule has 0 amide bonds. The summed E-state index contributed by atoms with van der Waals surface area (Å²) in [6.07, 6.45) is 1.59. The van der Waals surface area contributed by atoms with E-state index in [4.69, 9.17) is 0 Å². The quantitative estimate of drug-likeness (QED) is 0.627. The zero-order valence-corrected chi connectivity index (χ0v) is 9.86. The lowest BCUT2D eigenvalue weighted by atomic mass is 10.3. The molecule has 0 atom stereocenters. The number of fused-ring (bicyclic) bond motifs is 1. The van der Waals surface area contributed by atoms with Crippen LogP contribution in [-0.4, -0.2) is 29.7 Å². The molecule has 3 rings (SSSR count). The second-order valence-electron chi connectivity index (χ2n) is 3.84. The minimum Gasteiger partial charge on any atom is -0.288 e. The summed E-state index contributed by atoms with van der Waals surface area (Å²) in [4.78, 5) is 33.9. The Morgan fingerprint density at radius 1 is 1.21 bits per heavy atom. The van der Waals surface area contributed by atoms with Gasteiger partial charge in [0.2, 0.25) is 5.82 Å². The molecule has 3 aromatic rings. The zero-order chi connectivity index (χ0) is 13.4. The molecular weight excluding hydrogens is 248 g/mol. The molecule has 19 heavy (non-hydrogen) atoms. The van der Waals surface area contributed by atoms with E-state index < -0.39 is 11.2 Å². The Hall–Kier alpha value is -2.90. The third-order valence-electron chi connectivity index (χ3n) is 2.62. The van der Waals surface area contributed by atoms with Gasteiger partial charge in [-0.2, -0.15) is 0 Å². The summed E-state index contributed by atoms with van der Waals surface area (Å²) in [5.41, 5.74) is -0.458. The van der Waals surface area contributed by atoms with Crippen LogP contribution in [0.25, 0.3) is 22.7 Å². The molecule has 94 valence electrons. The van der Waals surface area contributed by atoms with Gasteiger partial charge >= 0.3 is 5.69 Å². The first kappa shape index (κ1) is 11.2. The first-order chi connectivity index (χ1) is 9.16. The van der Waals surface area contributed by atoms with E-state index in [2.05, 4.69) is 25.1 Å². The van der Waals surface area contributed by atoms with E-state index in [9.17, 15) is 9.59 Å². The summed E-state index contributed by atoms with van der Waals surface area (Å²) in [5.74, 6) is 0.234. The molecule has 0 aliphatic carbocycles. The Bertz CT molecular complexity index is 868. The van der Waals surface area contributed by atoms with E-state index in [-0.39, 0.29) is 17.0 Å². The molecule has 8 nitrogen and oxygen atoms in total. The lowest BCUT2D eigenvalue weighted by Gasteiger charge is -2.01. The SMILES string of the molecule is Cn1c(=O)[nH]c2nnc(-c3ccccn3)nc2c1=O. The van der Waals surface area contributed by atoms with E-state index in [0.29, 0.717) is 5.69 Å². The van der Waals surface area contributed by atoms with Gasteiger partial charge in [0.15, 0.2) is 11.2 Å². The van der Waals surface area contributed by atoms with Gasteiger partial charge < -0.3 is 0 Å². The molecule has 3 aromatic heterocycles.